The van der Waals surface area contributed by atoms with Crippen LogP contribution in [0.3, 0.4) is 0 Å². The highest BCUT2D eigenvalue weighted by Gasteiger charge is 2.26. The van der Waals surface area contributed by atoms with Gasteiger partial charge in [-0.15, -0.1) is 0 Å². The molecule has 0 fully saturated rings. The first-order valence-electron chi connectivity index (χ1n) is 7.61. The van der Waals surface area contributed by atoms with E-state index in [1.54, 1.807) is 0 Å². The van der Waals surface area contributed by atoms with Gasteiger partial charge in [-0.25, -0.2) is 4.98 Å². The first kappa shape index (κ1) is 15.2. The normalized spacial score (nSPS) is 17.8. The van der Waals surface area contributed by atoms with E-state index in [0.717, 1.165) is 23.5 Å². The van der Waals surface area contributed by atoms with Crippen molar-refractivity contribution in [2.75, 3.05) is 0 Å². The lowest BCUT2D eigenvalue weighted by Crippen LogP contribution is -2.20. The minimum atomic E-state index is -0.247. The van der Waals surface area contributed by atoms with Gasteiger partial charge in [0.15, 0.2) is 11.5 Å². The van der Waals surface area contributed by atoms with Crippen molar-refractivity contribution in [3.8, 4) is 11.5 Å². The van der Waals surface area contributed by atoms with Crippen LogP contribution < -0.4 is 9.47 Å². The molecule has 0 saturated heterocycles. The summed E-state index contributed by atoms with van der Waals surface area (Å²) >= 11 is 5.83. The number of pyridine rings is 1. The summed E-state index contributed by atoms with van der Waals surface area (Å²) in [6, 6.07) is 9.99. The van der Waals surface area contributed by atoms with Crippen molar-refractivity contribution in [2.24, 2.45) is 0 Å². The minimum Gasteiger partial charge on any atom is -0.451 e. The summed E-state index contributed by atoms with van der Waals surface area (Å²) in [5.74, 6) is 2.44. The Morgan fingerprint density at radius 3 is 2.45 bits per heavy atom. The molecule has 0 bridgehead atoms. The van der Waals surface area contributed by atoms with Gasteiger partial charge in [-0.05, 0) is 41.2 Å². The van der Waals surface area contributed by atoms with E-state index >= 15 is 0 Å². The van der Waals surface area contributed by atoms with Crippen LogP contribution in [0.2, 0.25) is 5.15 Å². The van der Waals surface area contributed by atoms with E-state index in [9.17, 15) is 0 Å². The van der Waals surface area contributed by atoms with E-state index in [2.05, 4.69) is 37.9 Å². The fourth-order valence-corrected chi connectivity index (χ4v) is 2.69. The quantitative estimate of drug-likeness (QED) is 0.731. The van der Waals surface area contributed by atoms with Gasteiger partial charge in [-0.3, -0.25) is 0 Å². The van der Waals surface area contributed by atoms with Crippen molar-refractivity contribution < 1.29 is 9.47 Å². The van der Waals surface area contributed by atoms with Gasteiger partial charge in [0.05, 0.1) is 0 Å². The van der Waals surface area contributed by atoms with Crippen molar-refractivity contribution in [3.63, 3.8) is 0 Å². The highest BCUT2D eigenvalue weighted by atomic mass is 35.5. The highest BCUT2D eigenvalue weighted by molar-refractivity contribution is 6.29. The average molecular weight is 318 g/mol. The van der Waals surface area contributed by atoms with Crippen LogP contribution >= 0.6 is 11.6 Å². The summed E-state index contributed by atoms with van der Waals surface area (Å²) in [5.41, 5.74) is 2.40. The minimum absolute atomic E-state index is 0.247. The second-order valence-corrected chi connectivity index (χ2v) is 6.46. The van der Waals surface area contributed by atoms with Crippen molar-refractivity contribution in [1.29, 1.82) is 0 Å². The number of halogens is 1. The maximum absolute atomic E-state index is 5.94. The molecule has 3 nitrogen and oxygen atoms in total. The predicted octanol–water partition coefficient (Wildman–Crippen LogP) is 5.15. The Hall–Kier alpha value is -1.74. The molecule has 3 rings (SSSR count). The SMILES string of the molecule is CC(C)c1ccc2c(c1)OC(CC(C)c1ccc(Cl)nc1)O2. The Morgan fingerprint density at radius 1 is 1.05 bits per heavy atom. The van der Waals surface area contributed by atoms with Crippen molar-refractivity contribution in [1.82, 2.24) is 4.98 Å². The zero-order valence-corrected chi connectivity index (χ0v) is 13.8. The summed E-state index contributed by atoms with van der Waals surface area (Å²) in [5, 5.41) is 0.512. The summed E-state index contributed by atoms with van der Waals surface area (Å²) in [7, 11) is 0. The van der Waals surface area contributed by atoms with E-state index < -0.39 is 0 Å². The van der Waals surface area contributed by atoms with Gasteiger partial charge in [0.1, 0.15) is 5.15 Å². The van der Waals surface area contributed by atoms with Gasteiger partial charge in [-0.1, -0.05) is 44.5 Å². The summed E-state index contributed by atoms with van der Waals surface area (Å²) in [4.78, 5) is 4.13. The van der Waals surface area contributed by atoms with E-state index in [1.807, 2.05) is 24.4 Å². The van der Waals surface area contributed by atoms with Gasteiger partial charge in [0, 0.05) is 12.6 Å². The molecule has 2 unspecified atom stereocenters. The van der Waals surface area contributed by atoms with Gasteiger partial charge in [0.2, 0.25) is 6.29 Å². The van der Waals surface area contributed by atoms with Gasteiger partial charge in [0.25, 0.3) is 0 Å². The summed E-state index contributed by atoms with van der Waals surface area (Å²) in [6.07, 6.45) is 2.34. The van der Waals surface area contributed by atoms with Crippen LogP contribution in [0.25, 0.3) is 0 Å². The molecule has 1 aliphatic rings. The molecule has 2 heterocycles. The Kier molecular flexibility index (Phi) is 4.25. The number of hydrogen-bond donors (Lipinski definition) is 0. The molecular weight excluding hydrogens is 298 g/mol. The highest BCUT2D eigenvalue weighted by Crippen LogP contribution is 2.39. The molecule has 116 valence electrons. The van der Waals surface area contributed by atoms with Crippen LogP contribution in [0, 0.1) is 0 Å². The number of aromatic nitrogens is 1. The molecule has 4 heteroatoms. The zero-order chi connectivity index (χ0) is 15.7. The molecule has 0 aliphatic carbocycles. The lowest BCUT2D eigenvalue weighted by molar-refractivity contribution is 0.0367. The van der Waals surface area contributed by atoms with E-state index in [-0.39, 0.29) is 12.2 Å². The van der Waals surface area contributed by atoms with E-state index in [4.69, 9.17) is 21.1 Å². The number of hydrogen-bond acceptors (Lipinski definition) is 3. The van der Waals surface area contributed by atoms with Gasteiger partial charge in [-0.2, -0.15) is 0 Å². The Balaban J connectivity index is 1.67. The molecule has 0 N–H and O–H groups in total. The monoisotopic (exact) mass is 317 g/mol. The van der Waals surface area contributed by atoms with E-state index in [1.165, 1.54) is 5.56 Å². The molecular formula is C18H20ClNO2. The van der Waals surface area contributed by atoms with Crippen LogP contribution in [-0.2, 0) is 0 Å². The second kappa shape index (κ2) is 6.17. The Labute approximate surface area is 136 Å². The third-order valence-electron chi connectivity index (χ3n) is 4.02. The Morgan fingerprint density at radius 2 is 1.77 bits per heavy atom. The average Bonchev–Trinajstić information content (AvgIpc) is 2.88. The van der Waals surface area contributed by atoms with Gasteiger partial charge >= 0.3 is 0 Å². The molecule has 0 amide bonds. The summed E-state index contributed by atoms with van der Waals surface area (Å²) < 4.78 is 11.8. The number of benzene rings is 1. The third-order valence-corrected chi connectivity index (χ3v) is 4.24. The Bertz CT molecular complexity index is 655. The topological polar surface area (TPSA) is 31.4 Å². The third kappa shape index (κ3) is 3.20. The van der Waals surface area contributed by atoms with Crippen LogP contribution in [0.4, 0.5) is 0 Å². The molecule has 2 aromatic rings. The van der Waals surface area contributed by atoms with Crippen LogP contribution in [0.15, 0.2) is 36.5 Å². The van der Waals surface area contributed by atoms with Crippen LogP contribution in [-0.4, -0.2) is 11.3 Å². The second-order valence-electron chi connectivity index (χ2n) is 6.08. The lowest BCUT2D eigenvalue weighted by atomic mass is 9.99. The zero-order valence-electron chi connectivity index (χ0n) is 13.0. The van der Waals surface area contributed by atoms with Gasteiger partial charge < -0.3 is 9.47 Å². The molecule has 1 aromatic carbocycles. The first-order valence-corrected chi connectivity index (χ1v) is 7.99. The molecule has 0 radical (unpaired) electrons. The predicted molar refractivity (Wildman–Crippen MR) is 87.9 cm³/mol. The largest absolute Gasteiger partial charge is 0.451 e. The van der Waals surface area contributed by atoms with Crippen molar-refractivity contribution in [3.05, 3.63) is 52.8 Å². The molecule has 1 aromatic heterocycles. The molecule has 2 atom stereocenters. The van der Waals surface area contributed by atoms with E-state index in [0.29, 0.717) is 11.1 Å². The van der Waals surface area contributed by atoms with Crippen LogP contribution in [0.1, 0.15) is 50.2 Å². The first-order chi connectivity index (χ1) is 10.5. The maximum Gasteiger partial charge on any atom is 0.242 e. The number of fused-ring (bicyclic) bond motifs is 1. The molecule has 0 spiro atoms. The number of ether oxygens (including phenoxy) is 2. The standard InChI is InChI=1S/C18H20ClNO2/c1-11(2)13-4-6-15-16(9-13)22-18(21-15)8-12(3)14-5-7-17(19)20-10-14/h4-7,9-12,18H,8H2,1-3H3. The molecule has 1 aliphatic heterocycles. The fraction of sp³-hybridized carbons (Fsp3) is 0.389. The smallest absolute Gasteiger partial charge is 0.242 e. The van der Waals surface area contributed by atoms with Crippen molar-refractivity contribution in [2.45, 2.75) is 45.3 Å². The maximum atomic E-state index is 5.94. The lowest BCUT2D eigenvalue weighted by Gasteiger charge is -2.16. The molecule has 0 saturated carbocycles. The number of rotatable bonds is 4. The van der Waals surface area contributed by atoms with Crippen LogP contribution in [0.5, 0.6) is 11.5 Å². The number of nitrogens with zero attached hydrogens (tertiary/aromatic N) is 1. The molecule has 22 heavy (non-hydrogen) atoms. The fourth-order valence-electron chi connectivity index (χ4n) is 2.58. The van der Waals surface area contributed by atoms with Crippen molar-refractivity contribution >= 4 is 11.6 Å². The summed E-state index contributed by atoms with van der Waals surface area (Å²) in [6.45, 7) is 6.48.